The van der Waals surface area contributed by atoms with E-state index in [2.05, 4.69) is 5.16 Å². The van der Waals surface area contributed by atoms with Gasteiger partial charge >= 0.3 is 0 Å². The average molecular weight is 415 g/mol. The van der Waals surface area contributed by atoms with Crippen LogP contribution < -0.4 is 9.47 Å². The Morgan fingerprint density at radius 1 is 1.14 bits per heavy atom. The van der Waals surface area contributed by atoms with Gasteiger partial charge in [0.15, 0.2) is 11.5 Å². The van der Waals surface area contributed by atoms with Gasteiger partial charge in [-0.3, -0.25) is 4.79 Å². The van der Waals surface area contributed by atoms with Crippen LogP contribution in [0, 0.1) is 6.92 Å². The highest BCUT2D eigenvalue weighted by atomic mass is 35.5. The summed E-state index contributed by atoms with van der Waals surface area (Å²) in [5.41, 5.74) is 2.59. The molecule has 0 fully saturated rings. The highest BCUT2D eigenvalue weighted by molar-refractivity contribution is 6.33. The molecular formula is C22H23ClN2O4. The smallest absolute Gasteiger partial charge is 0.259 e. The van der Waals surface area contributed by atoms with Gasteiger partial charge in [-0.05, 0) is 37.1 Å². The van der Waals surface area contributed by atoms with E-state index in [1.807, 2.05) is 36.4 Å². The Kier molecular flexibility index (Phi) is 6.44. The molecule has 2 aromatic carbocycles. The molecule has 1 aromatic heterocycles. The minimum absolute atomic E-state index is 0.167. The molecule has 7 heteroatoms. The van der Waals surface area contributed by atoms with Crippen molar-refractivity contribution < 1.29 is 18.8 Å². The molecule has 3 rings (SSSR count). The molecule has 0 aliphatic rings. The standard InChI is InChI=1S/C22H23ClN2O4/c1-14-20(21(24-29-14)16-7-5-6-8-17(16)23)22(26)25(2)12-11-15-9-10-18(27-3)19(13-15)28-4/h5-10,13H,11-12H2,1-4H3. The van der Waals surface area contributed by atoms with Gasteiger partial charge in [-0.25, -0.2) is 0 Å². The minimum atomic E-state index is -0.167. The van der Waals surface area contributed by atoms with Gasteiger partial charge in [-0.15, -0.1) is 0 Å². The quantitative estimate of drug-likeness (QED) is 0.563. The van der Waals surface area contributed by atoms with Gasteiger partial charge in [-0.1, -0.05) is 41.0 Å². The van der Waals surface area contributed by atoms with Crippen LogP contribution in [-0.2, 0) is 6.42 Å². The molecule has 0 atom stereocenters. The van der Waals surface area contributed by atoms with E-state index in [1.54, 1.807) is 39.2 Å². The van der Waals surface area contributed by atoms with E-state index in [0.29, 0.717) is 52.1 Å². The molecule has 0 aliphatic heterocycles. The number of likely N-dealkylation sites (N-methyl/N-ethyl adjacent to an activating group) is 1. The highest BCUT2D eigenvalue weighted by Gasteiger charge is 2.25. The summed E-state index contributed by atoms with van der Waals surface area (Å²) >= 11 is 6.29. The molecule has 6 nitrogen and oxygen atoms in total. The first-order valence-corrected chi connectivity index (χ1v) is 9.51. The number of hydrogen-bond donors (Lipinski definition) is 0. The second-order valence-electron chi connectivity index (χ2n) is 6.61. The van der Waals surface area contributed by atoms with Crippen molar-refractivity contribution in [2.45, 2.75) is 13.3 Å². The number of benzene rings is 2. The molecule has 0 aliphatic carbocycles. The second kappa shape index (κ2) is 9.01. The van der Waals surface area contributed by atoms with Crippen molar-refractivity contribution in [3.8, 4) is 22.8 Å². The number of carbonyl (C=O) groups is 1. The van der Waals surface area contributed by atoms with Crippen LogP contribution in [0.15, 0.2) is 47.0 Å². The molecule has 152 valence electrons. The Hall–Kier alpha value is -2.99. The molecule has 0 N–H and O–H groups in total. The molecular weight excluding hydrogens is 392 g/mol. The Morgan fingerprint density at radius 2 is 1.86 bits per heavy atom. The first-order valence-electron chi connectivity index (χ1n) is 9.13. The lowest BCUT2D eigenvalue weighted by molar-refractivity contribution is 0.0795. The van der Waals surface area contributed by atoms with Crippen LogP contribution >= 0.6 is 11.6 Å². The monoisotopic (exact) mass is 414 g/mol. The third-order valence-corrected chi connectivity index (χ3v) is 5.07. The summed E-state index contributed by atoms with van der Waals surface area (Å²) < 4.78 is 15.9. The van der Waals surface area contributed by atoms with E-state index < -0.39 is 0 Å². The molecule has 0 spiro atoms. The molecule has 1 heterocycles. The number of rotatable bonds is 7. The van der Waals surface area contributed by atoms with Crippen molar-refractivity contribution >= 4 is 17.5 Å². The van der Waals surface area contributed by atoms with Crippen molar-refractivity contribution in [1.29, 1.82) is 0 Å². The van der Waals surface area contributed by atoms with Crippen molar-refractivity contribution in [3.63, 3.8) is 0 Å². The summed E-state index contributed by atoms with van der Waals surface area (Å²) in [4.78, 5) is 14.8. The summed E-state index contributed by atoms with van der Waals surface area (Å²) in [7, 11) is 4.95. The molecule has 0 radical (unpaired) electrons. The Labute approximate surface area is 175 Å². The SMILES string of the molecule is COc1ccc(CCN(C)C(=O)c2c(-c3ccccc3Cl)noc2C)cc1OC. The number of amides is 1. The fourth-order valence-corrected chi connectivity index (χ4v) is 3.31. The zero-order chi connectivity index (χ0) is 21.0. The van der Waals surface area contributed by atoms with Gasteiger partial charge in [0.25, 0.3) is 5.91 Å². The minimum Gasteiger partial charge on any atom is -0.493 e. The van der Waals surface area contributed by atoms with Crippen molar-refractivity contribution in [2.75, 3.05) is 27.8 Å². The van der Waals surface area contributed by atoms with E-state index in [1.165, 1.54) is 0 Å². The first kappa shape index (κ1) is 20.7. The van der Waals surface area contributed by atoms with E-state index >= 15 is 0 Å². The van der Waals surface area contributed by atoms with Crippen LogP contribution in [0.2, 0.25) is 5.02 Å². The van der Waals surface area contributed by atoms with Gasteiger partial charge < -0.3 is 18.9 Å². The van der Waals surface area contributed by atoms with Crippen LogP contribution in [0.3, 0.4) is 0 Å². The Morgan fingerprint density at radius 3 is 2.55 bits per heavy atom. The fraction of sp³-hybridized carbons (Fsp3) is 0.273. The summed E-state index contributed by atoms with van der Waals surface area (Å²) in [6.07, 6.45) is 0.661. The summed E-state index contributed by atoms with van der Waals surface area (Å²) in [6.45, 7) is 2.24. The van der Waals surface area contributed by atoms with Gasteiger partial charge in [0, 0.05) is 19.2 Å². The fourth-order valence-electron chi connectivity index (χ4n) is 3.09. The van der Waals surface area contributed by atoms with E-state index in [0.717, 1.165) is 5.56 Å². The number of carbonyl (C=O) groups excluding carboxylic acids is 1. The summed E-state index contributed by atoms with van der Waals surface area (Å²) in [6, 6.07) is 13.0. The van der Waals surface area contributed by atoms with E-state index in [-0.39, 0.29) is 5.91 Å². The van der Waals surface area contributed by atoms with Gasteiger partial charge in [0.2, 0.25) is 0 Å². The number of hydrogen-bond acceptors (Lipinski definition) is 5. The third kappa shape index (κ3) is 4.38. The Balaban J connectivity index is 1.78. The lowest BCUT2D eigenvalue weighted by Crippen LogP contribution is -2.29. The van der Waals surface area contributed by atoms with Gasteiger partial charge in [-0.2, -0.15) is 0 Å². The lowest BCUT2D eigenvalue weighted by Gasteiger charge is -2.18. The largest absolute Gasteiger partial charge is 0.493 e. The lowest BCUT2D eigenvalue weighted by atomic mass is 10.0. The molecule has 0 unspecified atom stereocenters. The number of aryl methyl sites for hydroxylation is 1. The predicted molar refractivity (Wildman–Crippen MR) is 112 cm³/mol. The van der Waals surface area contributed by atoms with Gasteiger partial charge in [0.1, 0.15) is 17.0 Å². The van der Waals surface area contributed by atoms with Crippen LogP contribution in [0.25, 0.3) is 11.3 Å². The van der Waals surface area contributed by atoms with Crippen LogP contribution in [0.1, 0.15) is 21.7 Å². The average Bonchev–Trinajstić information content (AvgIpc) is 3.12. The van der Waals surface area contributed by atoms with Crippen LogP contribution in [-0.4, -0.2) is 43.8 Å². The van der Waals surface area contributed by atoms with E-state index in [9.17, 15) is 4.79 Å². The number of nitrogens with zero attached hydrogens (tertiary/aromatic N) is 2. The predicted octanol–water partition coefficient (Wildman–Crippen LogP) is 4.64. The molecule has 0 saturated carbocycles. The van der Waals surface area contributed by atoms with Crippen molar-refractivity contribution in [2.24, 2.45) is 0 Å². The summed E-state index contributed by atoms with van der Waals surface area (Å²) in [5.74, 6) is 1.63. The van der Waals surface area contributed by atoms with Gasteiger partial charge in [0.05, 0.1) is 19.2 Å². The van der Waals surface area contributed by atoms with Crippen molar-refractivity contribution in [1.82, 2.24) is 10.1 Å². The molecule has 3 aromatic rings. The van der Waals surface area contributed by atoms with Crippen molar-refractivity contribution in [3.05, 3.63) is 64.4 Å². The maximum atomic E-state index is 13.1. The Bertz CT molecular complexity index is 1020. The molecule has 29 heavy (non-hydrogen) atoms. The summed E-state index contributed by atoms with van der Waals surface area (Å²) in [5, 5.41) is 4.59. The third-order valence-electron chi connectivity index (χ3n) is 4.74. The molecule has 0 bridgehead atoms. The number of methoxy groups -OCH3 is 2. The highest BCUT2D eigenvalue weighted by Crippen LogP contribution is 2.32. The normalized spacial score (nSPS) is 10.7. The second-order valence-corrected chi connectivity index (χ2v) is 7.02. The molecule has 0 saturated heterocycles. The maximum Gasteiger partial charge on any atom is 0.259 e. The molecule has 1 amide bonds. The topological polar surface area (TPSA) is 64.8 Å². The van der Waals surface area contributed by atoms with E-state index in [4.69, 9.17) is 25.6 Å². The number of ether oxygens (including phenoxy) is 2. The zero-order valence-electron chi connectivity index (χ0n) is 16.9. The maximum absolute atomic E-state index is 13.1. The van der Waals surface area contributed by atoms with Crippen LogP contribution in [0.5, 0.6) is 11.5 Å². The number of halogens is 1. The first-order chi connectivity index (χ1) is 14.0. The zero-order valence-corrected chi connectivity index (χ0v) is 17.6. The van der Waals surface area contributed by atoms with Crippen LogP contribution in [0.4, 0.5) is 0 Å². The number of aromatic nitrogens is 1.